The number of carbonyl (C=O) groups excluding carboxylic acids is 1. The van der Waals surface area contributed by atoms with Gasteiger partial charge in [0.15, 0.2) is 0 Å². The summed E-state index contributed by atoms with van der Waals surface area (Å²) >= 11 is 0. The van der Waals surface area contributed by atoms with Gasteiger partial charge in [-0.2, -0.15) is 0 Å². The summed E-state index contributed by atoms with van der Waals surface area (Å²) < 4.78 is 0. The minimum absolute atomic E-state index is 0.00731. The van der Waals surface area contributed by atoms with E-state index in [1.165, 1.54) is 37.9 Å². The molecule has 1 aliphatic heterocycles. The van der Waals surface area contributed by atoms with Crippen LogP contribution in [0.25, 0.3) is 0 Å². The molecular formula is C25H35N3O. The molecule has 1 fully saturated rings. The highest BCUT2D eigenvalue weighted by Gasteiger charge is 2.22. The fourth-order valence-electron chi connectivity index (χ4n) is 4.08. The molecule has 0 radical (unpaired) electrons. The zero-order valence-corrected chi connectivity index (χ0v) is 18.1. The van der Waals surface area contributed by atoms with Gasteiger partial charge in [-0.05, 0) is 69.6 Å². The number of nitrogens with one attached hydrogen (secondary N) is 1. The van der Waals surface area contributed by atoms with Crippen LogP contribution in [-0.2, 0) is 0 Å². The summed E-state index contributed by atoms with van der Waals surface area (Å²) in [5.41, 5.74) is 3.04. The third-order valence-electron chi connectivity index (χ3n) is 6.09. The Bertz CT molecular complexity index is 751. The molecule has 1 N–H and O–H groups in total. The van der Waals surface area contributed by atoms with E-state index in [0.717, 1.165) is 18.7 Å². The number of hydrogen-bond acceptors (Lipinski definition) is 3. The van der Waals surface area contributed by atoms with Gasteiger partial charge in [-0.15, -0.1) is 0 Å². The molecule has 29 heavy (non-hydrogen) atoms. The lowest BCUT2D eigenvalue weighted by Crippen LogP contribution is -2.43. The topological polar surface area (TPSA) is 35.6 Å². The summed E-state index contributed by atoms with van der Waals surface area (Å²) in [4.78, 5) is 17.6. The van der Waals surface area contributed by atoms with Crippen molar-refractivity contribution in [2.24, 2.45) is 0 Å². The number of unbranched alkanes of at least 4 members (excludes halogenated alkanes) is 1. The van der Waals surface area contributed by atoms with Gasteiger partial charge in [0, 0.05) is 30.4 Å². The van der Waals surface area contributed by atoms with Crippen LogP contribution in [0.5, 0.6) is 0 Å². The summed E-state index contributed by atoms with van der Waals surface area (Å²) in [6, 6.07) is 18.8. The van der Waals surface area contributed by atoms with Crippen LogP contribution in [0.1, 0.15) is 61.5 Å². The van der Waals surface area contributed by atoms with Gasteiger partial charge in [0.2, 0.25) is 0 Å². The van der Waals surface area contributed by atoms with E-state index >= 15 is 0 Å². The second-order valence-corrected chi connectivity index (χ2v) is 8.21. The predicted octanol–water partition coefficient (Wildman–Crippen LogP) is 4.88. The number of rotatable bonds is 8. The van der Waals surface area contributed by atoms with Crippen molar-refractivity contribution in [3.63, 3.8) is 0 Å². The Hall–Kier alpha value is -2.33. The number of carbonyl (C=O) groups is 1. The van der Waals surface area contributed by atoms with E-state index in [9.17, 15) is 4.79 Å². The fourth-order valence-corrected chi connectivity index (χ4v) is 4.08. The van der Waals surface area contributed by atoms with E-state index in [1.807, 2.05) is 49.4 Å². The smallest absolute Gasteiger partial charge is 0.251 e. The van der Waals surface area contributed by atoms with E-state index in [1.54, 1.807) is 0 Å². The van der Waals surface area contributed by atoms with Gasteiger partial charge in [-0.25, -0.2) is 0 Å². The van der Waals surface area contributed by atoms with E-state index in [2.05, 4.69) is 41.2 Å². The number of nitrogens with zero attached hydrogens (tertiary/aromatic N) is 2. The maximum absolute atomic E-state index is 12.6. The molecule has 0 spiro atoms. The third kappa shape index (κ3) is 5.83. The largest absolute Gasteiger partial charge is 0.371 e. The van der Waals surface area contributed by atoms with Crippen molar-refractivity contribution in [1.29, 1.82) is 0 Å². The van der Waals surface area contributed by atoms with Gasteiger partial charge >= 0.3 is 0 Å². The molecule has 2 aromatic rings. The molecule has 1 heterocycles. The zero-order valence-electron chi connectivity index (χ0n) is 18.1. The highest BCUT2D eigenvalue weighted by Crippen LogP contribution is 2.23. The minimum Gasteiger partial charge on any atom is -0.371 e. The maximum atomic E-state index is 12.6. The van der Waals surface area contributed by atoms with Gasteiger partial charge < -0.3 is 15.1 Å². The second-order valence-electron chi connectivity index (χ2n) is 8.21. The van der Waals surface area contributed by atoms with Crippen LogP contribution in [0.4, 0.5) is 5.69 Å². The van der Waals surface area contributed by atoms with Gasteiger partial charge in [-0.3, -0.25) is 4.79 Å². The van der Waals surface area contributed by atoms with Crippen molar-refractivity contribution in [3.05, 3.63) is 65.7 Å². The van der Waals surface area contributed by atoms with Crippen LogP contribution < -0.4 is 10.2 Å². The van der Waals surface area contributed by atoms with Crippen LogP contribution in [0.3, 0.4) is 0 Å². The van der Waals surface area contributed by atoms with E-state index in [-0.39, 0.29) is 11.9 Å². The predicted molar refractivity (Wildman–Crippen MR) is 122 cm³/mol. The van der Waals surface area contributed by atoms with Crippen LogP contribution in [0, 0.1) is 0 Å². The molecule has 1 aliphatic rings. The summed E-state index contributed by atoms with van der Waals surface area (Å²) in [6.45, 7) is 7.63. The van der Waals surface area contributed by atoms with Gasteiger partial charge in [0.25, 0.3) is 5.91 Å². The number of hydrogen-bond donors (Lipinski definition) is 1. The SMILES string of the molecule is CCCCN(C)C1CCN(c2ccc(C(=O)N[C@H](C)c3ccccc3)cc2)CC1. The lowest BCUT2D eigenvalue weighted by Gasteiger charge is -2.38. The summed E-state index contributed by atoms with van der Waals surface area (Å²) in [7, 11) is 2.26. The van der Waals surface area contributed by atoms with Crippen LogP contribution >= 0.6 is 0 Å². The molecule has 156 valence electrons. The Morgan fingerprint density at radius 2 is 1.76 bits per heavy atom. The molecule has 0 aromatic heterocycles. The molecule has 4 nitrogen and oxygen atoms in total. The second kappa shape index (κ2) is 10.4. The Morgan fingerprint density at radius 3 is 2.38 bits per heavy atom. The van der Waals surface area contributed by atoms with Crippen molar-refractivity contribution in [2.75, 3.05) is 31.6 Å². The highest BCUT2D eigenvalue weighted by atomic mass is 16.1. The van der Waals surface area contributed by atoms with Crippen molar-refractivity contribution in [1.82, 2.24) is 10.2 Å². The summed E-state index contributed by atoms with van der Waals surface area (Å²) in [5.74, 6) is -0.0239. The van der Waals surface area contributed by atoms with E-state index < -0.39 is 0 Å². The molecule has 4 heteroatoms. The molecule has 3 rings (SSSR count). The quantitative estimate of drug-likeness (QED) is 0.694. The highest BCUT2D eigenvalue weighted by molar-refractivity contribution is 5.94. The molecule has 1 amide bonds. The lowest BCUT2D eigenvalue weighted by molar-refractivity contribution is 0.0940. The Labute approximate surface area is 175 Å². The Morgan fingerprint density at radius 1 is 1.10 bits per heavy atom. The van der Waals surface area contributed by atoms with Crippen LogP contribution in [-0.4, -0.2) is 43.5 Å². The molecule has 0 aliphatic carbocycles. The normalized spacial score (nSPS) is 16.1. The third-order valence-corrected chi connectivity index (χ3v) is 6.09. The van der Waals surface area contributed by atoms with Crippen molar-refractivity contribution < 1.29 is 4.79 Å². The Kier molecular flexibility index (Phi) is 7.70. The lowest BCUT2D eigenvalue weighted by atomic mass is 10.0. The average Bonchev–Trinajstić information content (AvgIpc) is 2.78. The molecular weight excluding hydrogens is 358 g/mol. The fraction of sp³-hybridized carbons (Fsp3) is 0.480. The van der Waals surface area contributed by atoms with E-state index in [0.29, 0.717) is 11.6 Å². The number of anilines is 1. The number of amides is 1. The molecule has 0 unspecified atom stereocenters. The monoisotopic (exact) mass is 393 g/mol. The zero-order chi connectivity index (χ0) is 20.6. The summed E-state index contributed by atoms with van der Waals surface area (Å²) in [5, 5.41) is 3.09. The standard InChI is InChI=1S/C25H35N3O/c1-4-5-17-27(3)23-15-18-28(19-16-23)24-13-11-22(12-14-24)25(29)26-20(2)21-9-7-6-8-10-21/h6-14,20,23H,4-5,15-19H2,1-3H3,(H,26,29)/t20-/m1/s1. The molecule has 0 bridgehead atoms. The van der Waals surface area contributed by atoms with Crippen LogP contribution in [0.15, 0.2) is 54.6 Å². The minimum atomic E-state index is -0.0239. The van der Waals surface area contributed by atoms with Gasteiger partial charge in [-0.1, -0.05) is 43.7 Å². The van der Waals surface area contributed by atoms with Gasteiger partial charge in [0.1, 0.15) is 0 Å². The first-order valence-electron chi connectivity index (χ1n) is 11.0. The molecule has 1 atom stereocenters. The number of benzene rings is 2. The van der Waals surface area contributed by atoms with Crippen molar-refractivity contribution >= 4 is 11.6 Å². The van der Waals surface area contributed by atoms with E-state index in [4.69, 9.17) is 0 Å². The molecule has 1 saturated heterocycles. The molecule has 2 aromatic carbocycles. The van der Waals surface area contributed by atoms with Gasteiger partial charge in [0.05, 0.1) is 6.04 Å². The van der Waals surface area contributed by atoms with Crippen molar-refractivity contribution in [2.45, 2.75) is 51.6 Å². The first-order valence-corrected chi connectivity index (χ1v) is 11.0. The Balaban J connectivity index is 1.52. The first-order chi connectivity index (χ1) is 14.1. The average molecular weight is 394 g/mol. The number of piperidine rings is 1. The van der Waals surface area contributed by atoms with Crippen LogP contribution in [0.2, 0.25) is 0 Å². The van der Waals surface area contributed by atoms with Crippen molar-refractivity contribution in [3.8, 4) is 0 Å². The first kappa shape index (κ1) is 21.4. The molecule has 0 saturated carbocycles. The maximum Gasteiger partial charge on any atom is 0.251 e. The summed E-state index contributed by atoms with van der Waals surface area (Å²) in [6.07, 6.45) is 4.95.